The zero-order valence-electron chi connectivity index (χ0n) is 13.1. The molecule has 4 rings (SSSR count). The van der Waals surface area contributed by atoms with Crippen molar-refractivity contribution in [3.05, 3.63) is 33.2 Å². The van der Waals surface area contributed by atoms with Crippen LogP contribution in [0.5, 0.6) is 0 Å². The van der Waals surface area contributed by atoms with Gasteiger partial charge in [0, 0.05) is 49.4 Å². The predicted molar refractivity (Wildman–Crippen MR) is 84.9 cm³/mol. The van der Waals surface area contributed by atoms with E-state index in [1.54, 1.807) is 0 Å². The molecule has 2 aliphatic heterocycles. The number of piperazine rings is 1. The normalized spacial score (nSPS) is 24.5. The van der Waals surface area contributed by atoms with E-state index in [-0.39, 0.29) is 11.1 Å². The molecule has 1 spiro atoms. The molecule has 0 unspecified atom stereocenters. The molecular formula is C17H25N3O2. The Morgan fingerprint density at radius 2 is 2.18 bits per heavy atom. The summed E-state index contributed by atoms with van der Waals surface area (Å²) in [4.78, 5) is 18.1. The topological polar surface area (TPSA) is 57.4 Å². The summed E-state index contributed by atoms with van der Waals surface area (Å²) in [5.74, 6) is 0. The number of fused-ring (bicyclic) bond motifs is 1. The Morgan fingerprint density at radius 3 is 3.05 bits per heavy atom. The lowest BCUT2D eigenvalue weighted by atomic mass is 9.92. The molecular weight excluding hydrogens is 278 g/mol. The van der Waals surface area contributed by atoms with Gasteiger partial charge in [-0.15, -0.1) is 0 Å². The second-order valence-electron chi connectivity index (χ2n) is 6.96. The Labute approximate surface area is 131 Å². The fourth-order valence-corrected chi connectivity index (χ4v) is 4.35. The van der Waals surface area contributed by atoms with E-state index in [0.29, 0.717) is 13.2 Å². The standard InChI is InChI=1S/C17H25N3O2/c21-16-13(9-14-11-22-8-3-15(14)19-16)10-20-7-6-18-12-17(20)4-1-2-5-17/h9,18H,1-8,10-12H2,(H,19,21). The molecule has 0 atom stereocenters. The average Bonchev–Trinajstić information content (AvgIpc) is 2.99. The Bertz CT molecular complexity index is 604. The van der Waals surface area contributed by atoms with Gasteiger partial charge >= 0.3 is 0 Å². The van der Waals surface area contributed by atoms with Crippen LogP contribution >= 0.6 is 0 Å². The fraction of sp³-hybridized carbons (Fsp3) is 0.706. The molecule has 120 valence electrons. The number of ether oxygens (including phenoxy) is 1. The number of H-pyrrole nitrogens is 1. The van der Waals surface area contributed by atoms with Crippen molar-refractivity contribution < 1.29 is 4.74 Å². The highest BCUT2D eigenvalue weighted by molar-refractivity contribution is 5.26. The SMILES string of the molecule is O=c1[nH]c2c(cc1CN1CCNCC13CCCC3)COCC2. The van der Waals surface area contributed by atoms with E-state index < -0.39 is 0 Å². The largest absolute Gasteiger partial charge is 0.376 e. The fourth-order valence-electron chi connectivity index (χ4n) is 4.35. The van der Waals surface area contributed by atoms with Crippen LogP contribution < -0.4 is 10.9 Å². The van der Waals surface area contributed by atoms with Gasteiger partial charge in [-0.05, 0) is 24.5 Å². The molecule has 1 aromatic heterocycles. The minimum absolute atomic E-state index is 0.0901. The lowest BCUT2D eigenvalue weighted by molar-refractivity contribution is 0.0566. The summed E-state index contributed by atoms with van der Waals surface area (Å²) in [5.41, 5.74) is 3.49. The predicted octanol–water partition coefficient (Wildman–Crippen LogP) is 1.17. The third-order valence-electron chi connectivity index (χ3n) is 5.62. The van der Waals surface area contributed by atoms with E-state index in [2.05, 4.69) is 21.3 Å². The van der Waals surface area contributed by atoms with Crippen molar-refractivity contribution in [1.29, 1.82) is 0 Å². The molecule has 1 aromatic rings. The number of hydrogen-bond acceptors (Lipinski definition) is 4. The number of nitrogens with zero attached hydrogens (tertiary/aromatic N) is 1. The molecule has 0 aromatic carbocycles. The monoisotopic (exact) mass is 303 g/mol. The summed E-state index contributed by atoms with van der Waals surface area (Å²) in [6.07, 6.45) is 5.96. The van der Waals surface area contributed by atoms with Gasteiger partial charge in [-0.1, -0.05) is 12.8 Å². The van der Waals surface area contributed by atoms with E-state index in [4.69, 9.17) is 4.74 Å². The Morgan fingerprint density at radius 1 is 1.32 bits per heavy atom. The van der Waals surface area contributed by atoms with Crippen LogP contribution in [0.3, 0.4) is 0 Å². The first kappa shape index (κ1) is 14.4. The number of aromatic nitrogens is 1. The average molecular weight is 303 g/mol. The second kappa shape index (κ2) is 5.80. The molecule has 0 amide bonds. The molecule has 1 saturated carbocycles. The van der Waals surface area contributed by atoms with E-state index >= 15 is 0 Å². The van der Waals surface area contributed by atoms with Crippen LogP contribution in [0.4, 0.5) is 0 Å². The van der Waals surface area contributed by atoms with Gasteiger partial charge in [0.1, 0.15) is 0 Å². The number of hydrogen-bond donors (Lipinski definition) is 2. The highest BCUT2D eigenvalue weighted by atomic mass is 16.5. The van der Waals surface area contributed by atoms with Gasteiger partial charge in [-0.25, -0.2) is 0 Å². The van der Waals surface area contributed by atoms with Gasteiger partial charge in [-0.2, -0.15) is 0 Å². The third kappa shape index (κ3) is 2.51. The van der Waals surface area contributed by atoms with Crippen molar-refractivity contribution in [3.63, 3.8) is 0 Å². The molecule has 5 heteroatoms. The van der Waals surface area contributed by atoms with Gasteiger partial charge in [0.25, 0.3) is 5.56 Å². The summed E-state index contributed by atoms with van der Waals surface area (Å²) in [6.45, 7) is 5.24. The van der Waals surface area contributed by atoms with Crippen molar-refractivity contribution >= 4 is 0 Å². The van der Waals surface area contributed by atoms with Crippen LogP contribution in [0.25, 0.3) is 0 Å². The highest BCUT2D eigenvalue weighted by Gasteiger charge is 2.41. The lowest BCUT2D eigenvalue weighted by Gasteiger charge is -2.45. The number of pyridine rings is 1. The van der Waals surface area contributed by atoms with Crippen LogP contribution in [-0.2, 0) is 24.3 Å². The van der Waals surface area contributed by atoms with Gasteiger partial charge in [-0.3, -0.25) is 9.69 Å². The zero-order chi connectivity index (χ0) is 15.0. The first-order valence-corrected chi connectivity index (χ1v) is 8.54. The quantitative estimate of drug-likeness (QED) is 0.861. The van der Waals surface area contributed by atoms with E-state index in [9.17, 15) is 4.79 Å². The molecule has 1 saturated heterocycles. The Kier molecular flexibility index (Phi) is 3.80. The van der Waals surface area contributed by atoms with Crippen molar-refractivity contribution in [1.82, 2.24) is 15.2 Å². The minimum atomic E-state index is 0.0901. The van der Waals surface area contributed by atoms with Crippen LogP contribution in [0, 0.1) is 0 Å². The smallest absolute Gasteiger partial charge is 0.252 e. The lowest BCUT2D eigenvalue weighted by Crippen LogP contribution is -2.59. The molecule has 0 bridgehead atoms. The molecule has 5 nitrogen and oxygen atoms in total. The second-order valence-corrected chi connectivity index (χ2v) is 6.96. The first-order valence-electron chi connectivity index (χ1n) is 8.54. The summed E-state index contributed by atoms with van der Waals surface area (Å²) in [6, 6.07) is 2.08. The minimum Gasteiger partial charge on any atom is -0.376 e. The van der Waals surface area contributed by atoms with E-state index in [0.717, 1.165) is 49.4 Å². The van der Waals surface area contributed by atoms with Gasteiger partial charge in [0.15, 0.2) is 0 Å². The molecule has 3 aliphatic rings. The van der Waals surface area contributed by atoms with Crippen molar-refractivity contribution in [2.45, 2.75) is 50.8 Å². The summed E-state index contributed by atoms with van der Waals surface area (Å²) in [5, 5.41) is 3.55. The zero-order valence-corrected chi connectivity index (χ0v) is 13.1. The number of aromatic amines is 1. The molecule has 3 heterocycles. The maximum atomic E-state index is 12.4. The molecule has 22 heavy (non-hydrogen) atoms. The first-order chi connectivity index (χ1) is 10.8. The maximum absolute atomic E-state index is 12.4. The van der Waals surface area contributed by atoms with Crippen LogP contribution in [0.2, 0.25) is 0 Å². The number of rotatable bonds is 2. The van der Waals surface area contributed by atoms with Crippen molar-refractivity contribution in [2.75, 3.05) is 26.2 Å². The molecule has 2 N–H and O–H groups in total. The van der Waals surface area contributed by atoms with Crippen molar-refractivity contribution in [2.24, 2.45) is 0 Å². The number of nitrogens with one attached hydrogen (secondary N) is 2. The molecule has 2 fully saturated rings. The summed E-state index contributed by atoms with van der Waals surface area (Å²) < 4.78 is 5.53. The van der Waals surface area contributed by atoms with Gasteiger partial charge < -0.3 is 15.0 Å². The summed E-state index contributed by atoms with van der Waals surface area (Å²) in [7, 11) is 0. The van der Waals surface area contributed by atoms with Crippen LogP contribution in [0.1, 0.15) is 42.5 Å². The van der Waals surface area contributed by atoms with Gasteiger partial charge in [0.2, 0.25) is 0 Å². The highest BCUT2D eigenvalue weighted by Crippen LogP contribution is 2.36. The summed E-state index contributed by atoms with van der Waals surface area (Å²) >= 11 is 0. The van der Waals surface area contributed by atoms with Crippen molar-refractivity contribution in [3.8, 4) is 0 Å². The third-order valence-corrected chi connectivity index (χ3v) is 5.62. The van der Waals surface area contributed by atoms with E-state index in [1.165, 1.54) is 25.7 Å². The molecule has 1 aliphatic carbocycles. The van der Waals surface area contributed by atoms with Gasteiger partial charge in [0.05, 0.1) is 13.2 Å². The van der Waals surface area contributed by atoms with E-state index in [1.807, 2.05) is 0 Å². The maximum Gasteiger partial charge on any atom is 0.252 e. The van der Waals surface area contributed by atoms with Crippen LogP contribution in [-0.4, -0.2) is 41.7 Å². The Balaban J connectivity index is 1.61. The van der Waals surface area contributed by atoms with Crippen LogP contribution in [0.15, 0.2) is 10.9 Å². The molecule has 0 radical (unpaired) electrons. The Hall–Kier alpha value is -1.17.